The predicted octanol–water partition coefficient (Wildman–Crippen LogP) is 2.20. The quantitative estimate of drug-likeness (QED) is 0.721. The summed E-state index contributed by atoms with van der Waals surface area (Å²) in [6.07, 6.45) is -2.62. The van der Waals surface area contributed by atoms with Gasteiger partial charge in [-0.25, -0.2) is 0 Å². The highest BCUT2D eigenvalue weighted by molar-refractivity contribution is 9.10. The summed E-state index contributed by atoms with van der Waals surface area (Å²) in [4.78, 5) is 16.4. The van der Waals surface area contributed by atoms with Crippen molar-refractivity contribution in [1.29, 1.82) is 0 Å². The van der Waals surface area contributed by atoms with E-state index in [9.17, 15) is 18.0 Å². The minimum absolute atomic E-state index is 0.207. The van der Waals surface area contributed by atoms with Crippen molar-refractivity contribution in [3.8, 4) is 0 Å². The van der Waals surface area contributed by atoms with Crippen LogP contribution in [-0.2, 0) is 26.8 Å². The molecule has 2 aromatic rings. The van der Waals surface area contributed by atoms with E-state index < -0.39 is 17.8 Å². The van der Waals surface area contributed by atoms with Crippen LogP contribution in [0.5, 0.6) is 0 Å². The fraction of sp³-hybridized carbons (Fsp3) is 0.562. The Balaban J connectivity index is 1.66. The number of aromatic nitrogens is 4. The van der Waals surface area contributed by atoms with E-state index in [1.54, 1.807) is 9.58 Å². The molecule has 0 spiro atoms. The van der Waals surface area contributed by atoms with Gasteiger partial charge in [-0.1, -0.05) is 0 Å². The second kappa shape index (κ2) is 7.27. The molecule has 0 unspecified atom stereocenters. The number of carbonyl (C=O) groups is 1. The number of hydrogen-bond donors (Lipinski definition) is 0. The topological polar surface area (TPSA) is 59.2 Å². The predicted molar refractivity (Wildman–Crippen MR) is 95.0 cm³/mol. The van der Waals surface area contributed by atoms with E-state index in [1.807, 2.05) is 20.2 Å². The van der Waals surface area contributed by atoms with Gasteiger partial charge in [0.05, 0.1) is 10.2 Å². The van der Waals surface area contributed by atoms with Gasteiger partial charge >= 0.3 is 6.18 Å². The summed E-state index contributed by atoms with van der Waals surface area (Å²) < 4.78 is 41.4. The molecule has 3 rings (SSSR count). The molecule has 7 nitrogen and oxygen atoms in total. The average molecular weight is 449 g/mol. The number of rotatable bonds is 3. The molecule has 11 heteroatoms. The first-order chi connectivity index (χ1) is 12.6. The minimum Gasteiger partial charge on any atom is -0.335 e. The van der Waals surface area contributed by atoms with Crippen LogP contribution in [0, 0.1) is 6.92 Å². The Kier molecular flexibility index (Phi) is 5.35. The van der Waals surface area contributed by atoms with Crippen molar-refractivity contribution in [2.24, 2.45) is 14.1 Å². The van der Waals surface area contributed by atoms with Crippen LogP contribution in [0.15, 0.2) is 10.7 Å². The maximum absolute atomic E-state index is 13.1. The average Bonchev–Trinajstić information content (AvgIpc) is 3.05. The highest BCUT2D eigenvalue weighted by Gasteiger charge is 2.40. The zero-order valence-corrected chi connectivity index (χ0v) is 16.8. The fourth-order valence-electron chi connectivity index (χ4n) is 3.25. The van der Waals surface area contributed by atoms with E-state index in [-0.39, 0.29) is 10.2 Å². The molecule has 1 aliphatic heterocycles. The number of hydrogen-bond acceptors (Lipinski definition) is 4. The number of carbonyl (C=O) groups excluding carboxylic acids is 1. The molecule has 0 radical (unpaired) electrons. The van der Waals surface area contributed by atoms with Crippen molar-refractivity contribution >= 4 is 21.8 Å². The largest absolute Gasteiger partial charge is 0.434 e. The molecule has 2 aromatic heterocycles. The van der Waals surface area contributed by atoms with Crippen molar-refractivity contribution in [2.75, 3.05) is 26.2 Å². The number of piperazine rings is 1. The van der Waals surface area contributed by atoms with Crippen LogP contribution >= 0.6 is 15.9 Å². The smallest absolute Gasteiger partial charge is 0.335 e. The first-order valence-corrected chi connectivity index (χ1v) is 9.17. The first kappa shape index (κ1) is 19.9. The van der Waals surface area contributed by atoms with Gasteiger partial charge in [0, 0.05) is 58.6 Å². The molecule has 0 saturated carbocycles. The minimum atomic E-state index is -4.58. The van der Waals surface area contributed by atoms with Crippen LogP contribution in [0.2, 0.25) is 0 Å². The van der Waals surface area contributed by atoms with Crippen LogP contribution in [0.1, 0.15) is 27.4 Å². The number of amides is 1. The highest BCUT2D eigenvalue weighted by atomic mass is 79.9. The van der Waals surface area contributed by atoms with Gasteiger partial charge < -0.3 is 4.90 Å². The Labute approximate surface area is 162 Å². The summed E-state index contributed by atoms with van der Waals surface area (Å²) >= 11 is 2.90. The van der Waals surface area contributed by atoms with Crippen LogP contribution in [0.3, 0.4) is 0 Å². The monoisotopic (exact) mass is 448 g/mol. The van der Waals surface area contributed by atoms with Gasteiger partial charge in [0.1, 0.15) is 0 Å². The summed E-state index contributed by atoms with van der Waals surface area (Å²) in [5, 5.41) is 8.10. The number of aryl methyl sites for hydroxylation is 3. The van der Waals surface area contributed by atoms with Crippen LogP contribution in [0.25, 0.3) is 0 Å². The Morgan fingerprint density at radius 3 is 2.30 bits per heavy atom. The number of halogens is 4. The maximum atomic E-state index is 13.1. The zero-order chi connectivity index (χ0) is 19.9. The van der Waals surface area contributed by atoms with E-state index >= 15 is 0 Å². The van der Waals surface area contributed by atoms with Crippen molar-refractivity contribution in [1.82, 2.24) is 29.4 Å². The van der Waals surface area contributed by atoms with Gasteiger partial charge in [-0.3, -0.25) is 19.1 Å². The normalized spacial score (nSPS) is 16.2. The summed E-state index contributed by atoms with van der Waals surface area (Å²) in [6.45, 7) is 4.82. The lowest BCUT2D eigenvalue weighted by Crippen LogP contribution is -2.48. The summed E-state index contributed by atoms with van der Waals surface area (Å²) in [5.74, 6) is -0.495. The van der Waals surface area contributed by atoms with Gasteiger partial charge in [-0.2, -0.15) is 23.4 Å². The molecule has 0 aliphatic carbocycles. The van der Waals surface area contributed by atoms with E-state index in [1.165, 1.54) is 7.05 Å². The van der Waals surface area contributed by atoms with Gasteiger partial charge in [0.15, 0.2) is 11.4 Å². The summed E-state index contributed by atoms with van der Waals surface area (Å²) in [5.41, 5.74) is 0.922. The van der Waals surface area contributed by atoms with Gasteiger partial charge in [0.2, 0.25) is 0 Å². The van der Waals surface area contributed by atoms with Crippen molar-refractivity contribution < 1.29 is 18.0 Å². The summed E-state index contributed by atoms with van der Waals surface area (Å²) in [7, 11) is 3.05. The SMILES string of the molecule is Cc1nn(C)cc1CN1CCN(C(=O)c2nn(C)c(C(F)(F)F)c2Br)CC1. The fourth-order valence-corrected chi connectivity index (χ4v) is 3.98. The van der Waals surface area contributed by atoms with Gasteiger partial charge in [-0.15, -0.1) is 0 Å². The Morgan fingerprint density at radius 2 is 1.81 bits per heavy atom. The van der Waals surface area contributed by atoms with E-state index in [4.69, 9.17) is 0 Å². The summed E-state index contributed by atoms with van der Waals surface area (Å²) in [6, 6.07) is 0. The molecule has 1 saturated heterocycles. The third kappa shape index (κ3) is 4.03. The molecule has 0 N–H and O–H groups in total. The standard InChI is InChI=1S/C16H20BrF3N6O/c1-10-11(8-23(2)21-10)9-25-4-6-26(7-5-25)15(27)13-12(17)14(16(18,19)20)24(3)22-13/h8H,4-7,9H2,1-3H3. The molecule has 0 bridgehead atoms. The molecule has 0 aromatic carbocycles. The third-order valence-corrected chi connectivity index (χ3v) is 5.38. The molecule has 1 aliphatic rings. The molecule has 27 heavy (non-hydrogen) atoms. The molecule has 1 fully saturated rings. The molecule has 0 atom stereocenters. The first-order valence-electron chi connectivity index (χ1n) is 8.38. The van der Waals surface area contributed by atoms with Crippen LogP contribution in [0.4, 0.5) is 13.2 Å². The Morgan fingerprint density at radius 1 is 1.19 bits per heavy atom. The van der Waals surface area contributed by atoms with E-state index in [2.05, 4.69) is 31.0 Å². The molecule has 148 valence electrons. The molecular formula is C16H20BrF3N6O. The zero-order valence-electron chi connectivity index (χ0n) is 15.2. The second-order valence-electron chi connectivity index (χ2n) is 6.61. The lowest BCUT2D eigenvalue weighted by atomic mass is 10.2. The number of alkyl halides is 3. The van der Waals surface area contributed by atoms with Crippen molar-refractivity contribution in [3.63, 3.8) is 0 Å². The number of nitrogens with zero attached hydrogens (tertiary/aromatic N) is 6. The van der Waals surface area contributed by atoms with E-state index in [0.717, 1.165) is 17.8 Å². The van der Waals surface area contributed by atoms with E-state index in [0.29, 0.717) is 30.9 Å². The second-order valence-corrected chi connectivity index (χ2v) is 7.41. The Hall–Kier alpha value is -1.88. The van der Waals surface area contributed by atoms with Crippen molar-refractivity contribution in [2.45, 2.75) is 19.6 Å². The third-order valence-electron chi connectivity index (χ3n) is 4.63. The maximum Gasteiger partial charge on any atom is 0.434 e. The molecule has 1 amide bonds. The van der Waals surface area contributed by atoms with Gasteiger partial charge in [0.25, 0.3) is 5.91 Å². The molecule has 3 heterocycles. The lowest BCUT2D eigenvalue weighted by Gasteiger charge is -2.34. The van der Waals surface area contributed by atoms with Gasteiger partial charge in [-0.05, 0) is 22.9 Å². The van der Waals surface area contributed by atoms with Crippen molar-refractivity contribution in [3.05, 3.63) is 33.3 Å². The van der Waals surface area contributed by atoms with Crippen LogP contribution < -0.4 is 0 Å². The van der Waals surface area contributed by atoms with Crippen LogP contribution in [-0.4, -0.2) is 61.4 Å². The Bertz CT molecular complexity index is 851. The molecular weight excluding hydrogens is 429 g/mol. The lowest BCUT2D eigenvalue weighted by molar-refractivity contribution is -0.144. The highest BCUT2D eigenvalue weighted by Crippen LogP contribution is 2.36.